The lowest BCUT2D eigenvalue weighted by atomic mass is 10.0. The van der Waals surface area contributed by atoms with Gasteiger partial charge in [0.15, 0.2) is 0 Å². The molecule has 1 aromatic heterocycles. The van der Waals surface area contributed by atoms with Gasteiger partial charge in [-0.05, 0) is 29.8 Å². The molecule has 21 heavy (non-hydrogen) atoms. The molecule has 5 nitrogen and oxygen atoms in total. The van der Waals surface area contributed by atoms with Crippen molar-refractivity contribution in [3.63, 3.8) is 0 Å². The highest BCUT2D eigenvalue weighted by Crippen LogP contribution is 2.29. The van der Waals surface area contributed by atoms with Gasteiger partial charge in [-0.3, -0.25) is 15.1 Å². The Bertz CT molecular complexity index is 813. The summed E-state index contributed by atoms with van der Waals surface area (Å²) in [5, 5.41) is 11.6. The number of fused-ring (bicyclic) bond motifs is 1. The number of non-ortho nitro benzene ring substituents is 1. The quantitative estimate of drug-likeness (QED) is 0.540. The number of methoxy groups -OCH3 is 1. The molecular formula is C16H12N2O3. The monoisotopic (exact) mass is 280 g/mol. The molecule has 0 aliphatic carbocycles. The van der Waals surface area contributed by atoms with Crippen molar-refractivity contribution in [1.82, 2.24) is 4.98 Å². The predicted octanol–water partition coefficient (Wildman–Crippen LogP) is 3.82. The smallest absolute Gasteiger partial charge is 0.278 e. The van der Waals surface area contributed by atoms with Gasteiger partial charge in [0.05, 0.1) is 22.9 Å². The molecule has 0 atom stereocenters. The third-order valence-corrected chi connectivity index (χ3v) is 3.32. The normalized spacial score (nSPS) is 10.5. The SMILES string of the molecule is COc1ccc(-c2cnc3cccc([N+](=O)[O-])c3c2)cc1. The van der Waals surface area contributed by atoms with E-state index in [-0.39, 0.29) is 10.6 Å². The lowest BCUT2D eigenvalue weighted by Crippen LogP contribution is -1.91. The molecule has 3 rings (SSSR count). The number of benzene rings is 2. The van der Waals surface area contributed by atoms with Gasteiger partial charge in [-0.1, -0.05) is 18.2 Å². The lowest BCUT2D eigenvalue weighted by Gasteiger charge is -2.05. The summed E-state index contributed by atoms with van der Waals surface area (Å²) >= 11 is 0. The highest BCUT2D eigenvalue weighted by Gasteiger charge is 2.12. The minimum atomic E-state index is -0.387. The maximum absolute atomic E-state index is 11.1. The fraction of sp³-hybridized carbons (Fsp3) is 0.0625. The average molecular weight is 280 g/mol. The van der Waals surface area contributed by atoms with Gasteiger partial charge in [0.1, 0.15) is 5.75 Å². The van der Waals surface area contributed by atoms with Crippen LogP contribution in [0.4, 0.5) is 5.69 Å². The fourth-order valence-corrected chi connectivity index (χ4v) is 2.23. The summed E-state index contributed by atoms with van der Waals surface area (Å²) in [4.78, 5) is 15.0. The number of ether oxygens (including phenoxy) is 1. The topological polar surface area (TPSA) is 65.3 Å². The number of aromatic nitrogens is 1. The zero-order valence-electron chi connectivity index (χ0n) is 11.3. The van der Waals surface area contributed by atoms with E-state index in [4.69, 9.17) is 4.74 Å². The Hall–Kier alpha value is -2.95. The molecule has 0 amide bonds. The molecule has 0 bridgehead atoms. The number of hydrogen-bond donors (Lipinski definition) is 0. The maximum Gasteiger partial charge on any atom is 0.278 e. The van der Waals surface area contributed by atoms with E-state index in [0.29, 0.717) is 10.9 Å². The zero-order chi connectivity index (χ0) is 14.8. The van der Waals surface area contributed by atoms with Gasteiger partial charge < -0.3 is 4.74 Å². The van der Waals surface area contributed by atoms with Gasteiger partial charge in [0, 0.05) is 17.8 Å². The molecule has 0 unspecified atom stereocenters. The lowest BCUT2D eigenvalue weighted by molar-refractivity contribution is -0.383. The fourth-order valence-electron chi connectivity index (χ4n) is 2.23. The number of pyridine rings is 1. The number of rotatable bonds is 3. The van der Waals surface area contributed by atoms with Crippen molar-refractivity contribution in [2.24, 2.45) is 0 Å². The van der Waals surface area contributed by atoms with Crippen LogP contribution in [0.1, 0.15) is 0 Å². The first-order chi connectivity index (χ1) is 10.2. The van der Waals surface area contributed by atoms with Crippen LogP contribution in [-0.4, -0.2) is 17.0 Å². The molecule has 0 aliphatic rings. The molecular weight excluding hydrogens is 268 g/mol. The van der Waals surface area contributed by atoms with E-state index >= 15 is 0 Å². The Morgan fingerprint density at radius 1 is 1.10 bits per heavy atom. The molecule has 104 valence electrons. The van der Waals surface area contributed by atoms with Gasteiger partial charge in [0.2, 0.25) is 0 Å². The van der Waals surface area contributed by atoms with Crippen LogP contribution in [0.15, 0.2) is 54.7 Å². The Balaban J connectivity index is 2.15. The van der Waals surface area contributed by atoms with Crippen molar-refractivity contribution in [3.8, 4) is 16.9 Å². The van der Waals surface area contributed by atoms with Gasteiger partial charge in [-0.15, -0.1) is 0 Å². The summed E-state index contributed by atoms with van der Waals surface area (Å²) in [7, 11) is 1.61. The molecule has 0 saturated heterocycles. The Labute approximate surface area is 121 Å². The molecule has 0 spiro atoms. The van der Waals surface area contributed by atoms with Gasteiger partial charge in [-0.25, -0.2) is 0 Å². The Morgan fingerprint density at radius 2 is 1.86 bits per heavy atom. The molecule has 2 aromatic carbocycles. The summed E-state index contributed by atoms with van der Waals surface area (Å²) in [6.45, 7) is 0. The van der Waals surface area contributed by atoms with Crippen LogP contribution in [0.3, 0.4) is 0 Å². The molecule has 5 heteroatoms. The zero-order valence-corrected chi connectivity index (χ0v) is 11.3. The molecule has 0 saturated carbocycles. The minimum Gasteiger partial charge on any atom is -0.497 e. The van der Waals surface area contributed by atoms with E-state index in [1.807, 2.05) is 24.3 Å². The van der Waals surface area contributed by atoms with Crippen molar-refractivity contribution in [2.75, 3.05) is 7.11 Å². The van der Waals surface area contributed by atoms with Crippen molar-refractivity contribution >= 4 is 16.6 Å². The number of hydrogen-bond acceptors (Lipinski definition) is 4. The first-order valence-electron chi connectivity index (χ1n) is 6.36. The van der Waals surface area contributed by atoms with Crippen LogP contribution in [0.5, 0.6) is 5.75 Å². The number of nitro groups is 1. The summed E-state index contributed by atoms with van der Waals surface area (Å²) < 4.78 is 5.12. The van der Waals surface area contributed by atoms with E-state index in [9.17, 15) is 10.1 Å². The van der Waals surface area contributed by atoms with E-state index in [1.165, 1.54) is 6.07 Å². The van der Waals surface area contributed by atoms with Crippen LogP contribution >= 0.6 is 0 Å². The molecule has 0 radical (unpaired) electrons. The first kappa shape index (κ1) is 13.1. The molecule has 0 N–H and O–H groups in total. The van der Waals surface area contributed by atoms with Gasteiger partial charge >= 0.3 is 0 Å². The highest BCUT2D eigenvalue weighted by molar-refractivity contribution is 5.91. The van der Waals surface area contributed by atoms with Crippen LogP contribution in [-0.2, 0) is 0 Å². The Kier molecular flexibility index (Phi) is 3.23. The van der Waals surface area contributed by atoms with E-state index in [1.54, 1.807) is 31.5 Å². The molecule has 1 heterocycles. The summed E-state index contributed by atoms with van der Waals surface area (Å²) in [5.41, 5.74) is 2.44. The van der Waals surface area contributed by atoms with Crippen LogP contribution in [0.2, 0.25) is 0 Å². The van der Waals surface area contributed by atoms with Crippen molar-refractivity contribution in [3.05, 3.63) is 64.8 Å². The number of nitrogens with zero attached hydrogens (tertiary/aromatic N) is 2. The maximum atomic E-state index is 11.1. The average Bonchev–Trinajstić information content (AvgIpc) is 2.53. The Morgan fingerprint density at radius 3 is 2.52 bits per heavy atom. The molecule has 0 aliphatic heterocycles. The van der Waals surface area contributed by atoms with Crippen molar-refractivity contribution in [2.45, 2.75) is 0 Å². The van der Waals surface area contributed by atoms with E-state index < -0.39 is 0 Å². The summed E-state index contributed by atoms with van der Waals surface area (Å²) in [5.74, 6) is 0.762. The third-order valence-electron chi connectivity index (χ3n) is 3.32. The summed E-state index contributed by atoms with van der Waals surface area (Å²) in [6.07, 6.45) is 1.72. The molecule has 0 fully saturated rings. The van der Waals surface area contributed by atoms with Gasteiger partial charge in [0.25, 0.3) is 5.69 Å². The second-order valence-electron chi connectivity index (χ2n) is 4.55. The van der Waals surface area contributed by atoms with Gasteiger partial charge in [-0.2, -0.15) is 0 Å². The second-order valence-corrected chi connectivity index (χ2v) is 4.55. The third kappa shape index (κ3) is 2.41. The van der Waals surface area contributed by atoms with Crippen LogP contribution in [0, 0.1) is 10.1 Å². The molecule has 3 aromatic rings. The summed E-state index contributed by atoms with van der Waals surface area (Å²) in [6, 6.07) is 14.2. The van der Waals surface area contributed by atoms with Crippen LogP contribution < -0.4 is 4.74 Å². The second kappa shape index (κ2) is 5.20. The van der Waals surface area contributed by atoms with E-state index in [0.717, 1.165) is 16.9 Å². The largest absolute Gasteiger partial charge is 0.497 e. The predicted molar refractivity (Wildman–Crippen MR) is 80.4 cm³/mol. The van der Waals surface area contributed by atoms with Crippen LogP contribution in [0.25, 0.3) is 22.0 Å². The minimum absolute atomic E-state index is 0.0651. The van der Waals surface area contributed by atoms with E-state index in [2.05, 4.69) is 4.98 Å². The first-order valence-corrected chi connectivity index (χ1v) is 6.36. The highest BCUT2D eigenvalue weighted by atomic mass is 16.6. The van der Waals surface area contributed by atoms with Crippen molar-refractivity contribution in [1.29, 1.82) is 0 Å². The van der Waals surface area contributed by atoms with Crippen molar-refractivity contribution < 1.29 is 9.66 Å². The standard InChI is InChI=1S/C16H12N2O3/c1-21-13-7-5-11(6-8-13)12-9-14-15(17-10-12)3-2-4-16(14)18(19)20/h2-10H,1H3. The number of nitro benzene ring substituents is 1.